The lowest BCUT2D eigenvalue weighted by molar-refractivity contribution is -0.162. The third kappa shape index (κ3) is 11.1. The van der Waals surface area contributed by atoms with Crippen LogP contribution in [0, 0.1) is 11.8 Å². The molecule has 24 nitrogen and oxygen atoms in total. The van der Waals surface area contributed by atoms with Crippen LogP contribution < -0.4 is 31.7 Å². The first-order chi connectivity index (χ1) is 32.1. The maximum absolute atomic E-state index is 13.6. The summed E-state index contributed by atoms with van der Waals surface area (Å²) in [5.74, 6) is -1.82. The third-order valence-electron chi connectivity index (χ3n) is 12.0. The number of hydrogen-bond donors (Lipinski definition) is 8. The number of nitrogens with two attached hydrogens (primary N) is 2. The van der Waals surface area contributed by atoms with E-state index in [1.165, 1.54) is 30.6 Å². The minimum Gasteiger partial charge on any atom is -0.454 e. The number of rotatable bonds is 13. The number of aliphatic hydroxyl groups is 2. The zero-order chi connectivity index (χ0) is 51.2. The van der Waals surface area contributed by atoms with Gasteiger partial charge in [-0.1, -0.05) is 91.9 Å². The Morgan fingerprint density at radius 1 is 0.826 bits per heavy atom. The summed E-state index contributed by atoms with van der Waals surface area (Å²) in [6, 6.07) is -1.68. The Bertz CT molecular complexity index is 2570. The molecule has 0 saturated carbocycles. The lowest BCUT2D eigenvalue weighted by Gasteiger charge is -2.53. The van der Waals surface area contributed by atoms with E-state index in [9.17, 15) is 39.4 Å². The highest BCUT2D eigenvalue weighted by Crippen LogP contribution is 2.56. The summed E-state index contributed by atoms with van der Waals surface area (Å²) < 4.78 is 40.7. The number of hydrogen-bond acceptors (Lipinski definition) is 24. The molecule has 69 heavy (non-hydrogen) atoms. The van der Waals surface area contributed by atoms with Crippen LogP contribution in [0.3, 0.4) is 0 Å². The molecule has 7 heterocycles. The second-order valence-electron chi connectivity index (χ2n) is 20.1. The number of thiazole rings is 2. The number of nitrogen functional groups attached to an aromatic ring is 2. The van der Waals surface area contributed by atoms with Crippen molar-refractivity contribution in [2.24, 2.45) is 11.8 Å². The summed E-state index contributed by atoms with van der Waals surface area (Å²) >= 11 is 1.80. The quantitative estimate of drug-likeness (QED) is 0.0676. The average molecular weight is 1020 g/mol. The van der Waals surface area contributed by atoms with Gasteiger partial charge in [0.05, 0.1) is 35.0 Å². The first-order valence-corrected chi connectivity index (χ1v) is 26.0. The fourth-order valence-electron chi connectivity index (χ4n) is 9.01. The Labute approximate surface area is 407 Å². The molecule has 0 bridgehead atoms. The number of esters is 2. The van der Waals surface area contributed by atoms with Gasteiger partial charge in [0.15, 0.2) is 36.0 Å². The molecule has 0 aromatic carbocycles. The van der Waals surface area contributed by atoms with Crippen molar-refractivity contribution in [1.82, 2.24) is 39.5 Å². The van der Waals surface area contributed by atoms with Crippen LogP contribution >= 0.6 is 22.7 Å². The largest absolute Gasteiger partial charge is 0.454 e. The molecule has 0 unspecified atom stereocenters. The van der Waals surface area contributed by atoms with Gasteiger partial charge in [-0.05, 0) is 25.5 Å². The predicted molar refractivity (Wildman–Crippen MR) is 260 cm³/mol. The van der Waals surface area contributed by atoms with E-state index >= 15 is 0 Å². The van der Waals surface area contributed by atoms with Crippen molar-refractivity contribution in [2.45, 2.75) is 154 Å². The number of aliphatic hydroxyl groups excluding tert-OH is 2. The van der Waals surface area contributed by atoms with Gasteiger partial charge in [-0.2, -0.15) is 9.97 Å². The van der Waals surface area contributed by atoms with Crippen molar-refractivity contribution in [3.05, 3.63) is 31.7 Å². The summed E-state index contributed by atoms with van der Waals surface area (Å²) in [6.45, 7) is 22.5. The molecule has 0 aliphatic carbocycles. The number of carbonyl (C=O) groups excluding carboxylic acids is 2. The molecule has 10 N–H and O–H groups in total. The normalized spacial score (nSPS) is 25.6. The molecule has 3 aliphatic heterocycles. The maximum Gasteiger partial charge on any atom is 0.374 e. The van der Waals surface area contributed by atoms with Crippen molar-refractivity contribution in [3.63, 3.8) is 0 Å². The summed E-state index contributed by atoms with van der Waals surface area (Å²) in [4.78, 5) is 67.6. The molecule has 0 amide bonds. The molecule has 3 saturated heterocycles. The lowest BCUT2D eigenvalue weighted by atomic mass is 9.85. The average Bonchev–Trinajstić information content (AvgIpc) is 3.95. The second kappa shape index (κ2) is 21.0. The van der Waals surface area contributed by atoms with Gasteiger partial charge in [-0.25, -0.2) is 9.97 Å². The molecule has 0 spiro atoms. The Morgan fingerprint density at radius 3 is 1.67 bits per heavy atom. The fourth-order valence-corrected chi connectivity index (χ4v) is 15.6. The van der Waals surface area contributed by atoms with E-state index in [1.54, 1.807) is 13.8 Å². The standard InChI is InChI=1S/C24H40BN5O7SSi.C16H24BN5O7S/c1-12(2)15(29-25(9)33)20(31)36-17-16-13(11-34-39(37-16,23(3,4)5)24(6,7)8)35-19(17)30-18-14(38-22(30)32)10-27-21(26)28-18;1-6(2)9(21-17(3)27)14(25)29-11-10(24)7(5-23)28-13(11)22-12-8(30-16(22)26)4-19-15(18)20-12/h10,12-13,15-17,19,29,33H,11H2,1-9H3,(H2,26,27,28);4,6-7,9-11,13,21,23-24,27H,5H2,1-3H3,(H2,18,19,20)/t13-,15+,16+,17-,19-;7-,9+,10+,11-,13-/m11/s1. The highest BCUT2D eigenvalue weighted by Gasteiger charge is 2.66. The number of ether oxygens (including phenoxy) is 4. The van der Waals surface area contributed by atoms with Crippen molar-refractivity contribution in [1.29, 1.82) is 0 Å². The van der Waals surface area contributed by atoms with Crippen LogP contribution in [-0.2, 0) is 37.4 Å². The highest BCUT2D eigenvalue weighted by atomic mass is 32.1. The Balaban J connectivity index is 0.000000235. The van der Waals surface area contributed by atoms with E-state index in [0.29, 0.717) is 15.0 Å². The monoisotopic (exact) mass is 1020 g/mol. The second-order valence-corrected chi connectivity index (χ2v) is 26.8. The van der Waals surface area contributed by atoms with Crippen molar-refractivity contribution in [2.75, 3.05) is 24.7 Å². The number of aromatic nitrogens is 6. The topological polar surface area (TPSA) is 342 Å². The Hall–Kier alpha value is -3.97. The van der Waals surface area contributed by atoms with Gasteiger partial charge in [0.1, 0.15) is 36.5 Å². The Morgan fingerprint density at radius 2 is 1.26 bits per heavy atom. The van der Waals surface area contributed by atoms with Crippen LogP contribution in [0.15, 0.2) is 22.0 Å². The number of nitrogens with zero attached hydrogens (tertiary/aromatic N) is 6. The van der Waals surface area contributed by atoms with Crippen molar-refractivity contribution < 1.29 is 57.6 Å². The van der Waals surface area contributed by atoms with E-state index in [4.69, 9.17) is 39.3 Å². The van der Waals surface area contributed by atoms with Gasteiger partial charge in [0, 0.05) is 10.1 Å². The van der Waals surface area contributed by atoms with Crippen LogP contribution in [0.2, 0.25) is 23.7 Å². The van der Waals surface area contributed by atoms with E-state index < -0.39 is 107 Å². The van der Waals surface area contributed by atoms with Gasteiger partial charge < -0.3 is 70.0 Å². The molecule has 4 aromatic rings. The number of fused-ring (bicyclic) bond motifs is 3. The van der Waals surface area contributed by atoms with Crippen molar-refractivity contribution in [3.8, 4) is 0 Å². The molecule has 380 valence electrons. The lowest BCUT2D eigenvalue weighted by Crippen LogP contribution is -2.65. The minimum absolute atomic E-state index is 0.00508. The smallest absolute Gasteiger partial charge is 0.374 e. The van der Waals surface area contributed by atoms with Gasteiger partial charge >= 0.3 is 44.3 Å². The maximum atomic E-state index is 13.6. The molecule has 10 atom stereocenters. The van der Waals surface area contributed by atoms with Crippen LogP contribution in [0.25, 0.3) is 20.7 Å². The van der Waals surface area contributed by atoms with E-state index in [1.807, 2.05) is 13.8 Å². The third-order valence-corrected chi connectivity index (χ3v) is 18.8. The molecule has 3 fully saturated rings. The molecule has 29 heteroatoms. The van der Waals surface area contributed by atoms with Gasteiger partial charge in [-0.3, -0.25) is 28.3 Å². The highest BCUT2D eigenvalue weighted by molar-refractivity contribution is 7.16. The van der Waals surface area contributed by atoms with Gasteiger partial charge in [-0.15, -0.1) is 0 Å². The van der Waals surface area contributed by atoms with Crippen LogP contribution in [0.4, 0.5) is 11.9 Å². The zero-order valence-corrected chi connectivity index (χ0v) is 43.3. The van der Waals surface area contributed by atoms with Crippen LogP contribution in [0.1, 0.15) is 81.7 Å². The van der Waals surface area contributed by atoms with E-state index in [0.717, 1.165) is 27.2 Å². The summed E-state index contributed by atoms with van der Waals surface area (Å²) in [7, 11) is -4.89. The summed E-state index contributed by atoms with van der Waals surface area (Å²) in [6.07, 6.45) is -5.48. The molecule has 3 aliphatic rings. The molecular weight excluding hydrogens is 958 g/mol. The number of carbonyl (C=O) groups is 2. The van der Waals surface area contributed by atoms with Gasteiger partial charge in [0.25, 0.3) is 0 Å². The van der Waals surface area contributed by atoms with Gasteiger partial charge in [0.2, 0.25) is 11.9 Å². The predicted octanol–water partition coefficient (Wildman–Crippen LogP) is 0.749. The molecule has 4 aromatic heterocycles. The summed E-state index contributed by atoms with van der Waals surface area (Å²) in [5.41, 5.74) is 11.9. The number of anilines is 2. The summed E-state index contributed by atoms with van der Waals surface area (Å²) in [5, 5.41) is 44.6. The van der Waals surface area contributed by atoms with Crippen LogP contribution in [-0.4, -0.2) is 146 Å². The van der Waals surface area contributed by atoms with Crippen molar-refractivity contribution >= 4 is 89.9 Å². The first-order valence-electron chi connectivity index (χ1n) is 22.6. The van der Waals surface area contributed by atoms with E-state index in [2.05, 4.69) is 71.9 Å². The molecular formula is C40H64B2N10O14S2Si. The SMILES string of the molecule is CB(O)N[C@H](C(=O)O[C@@H]1[C@@H](O)[C@@H](CO)O[C@H]1n1c(=O)sc2cnc(N)nc21)C(C)C.CB(O)N[C@H](C(=O)O[C@@H]1[C@H]2O[Si](C(C)(C)C)(C(C)(C)C)OC[C@H]2O[C@H]1n1c(=O)sc2cnc(N)nc21)C(C)C. The zero-order valence-electron chi connectivity index (χ0n) is 40.7. The number of nitrogens with one attached hydrogen (secondary N) is 2. The molecule has 7 rings (SSSR count). The van der Waals surface area contributed by atoms with Crippen LogP contribution in [0.5, 0.6) is 0 Å². The molecule has 0 radical (unpaired) electrons. The first kappa shape index (κ1) is 54.4. The minimum atomic E-state index is -2.99. The fraction of sp³-hybridized carbons (Fsp3) is 0.700. The van der Waals surface area contributed by atoms with E-state index in [-0.39, 0.29) is 50.9 Å². The Kier molecular flexibility index (Phi) is 16.6.